The zero-order valence-corrected chi connectivity index (χ0v) is 16.9. The van der Waals surface area contributed by atoms with Gasteiger partial charge in [-0.25, -0.2) is 15.0 Å². The number of benzene rings is 2. The minimum absolute atomic E-state index is 0.603. The Labute approximate surface area is 182 Å². The van der Waals surface area contributed by atoms with Crippen molar-refractivity contribution in [1.82, 2.24) is 29.1 Å². The smallest absolute Gasteiger partial charge is 0.235 e. The van der Waals surface area contributed by atoms with Crippen LogP contribution in [0.3, 0.4) is 0 Å². The number of para-hydroxylation sites is 2. The number of hydrogen-bond donors (Lipinski definition) is 0. The van der Waals surface area contributed by atoms with Gasteiger partial charge in [0.05, 0.1) is 16.6 Å². The average Bonchev–Trinajstić information content (AvgIpc) is 3.36. The molecule has 0 aliphatic rings. The Kier molecular flexibility index (Phi) is 3.46. The normalized spacial score (nSPS) is 11.8. The molecule has 0 bridgehead atoms. The minimum atomic E-state index is 0.603. The summed E-state index contributed by atoms with van der Waals surface area (Å²) in [5, 5.41) is 3.19. The van der Waals surface area contributed by atoms with Gasteiger partial charge < -0.3 is 0 Å². The Morgan fingerprint density at radius 1 is 0.531 bits per heavy atom. The zero-order valence-electron chi connectivity index (χ0n) is 16.9. The molecule has 150 valence electrons. The number of nitrogens with zero attached hydrogens (tertiary/aromatic N) is 6. The van der Waals surface area contributed by atoms with E-state index in [0.29, 0.717) is 5.95 Å². The van der Waals surface area contributed by atoms with E-state index in [0.717, 1.165) is 49.7 Å². The SMILES string of the molecule is c1ccc(-n2c3cccnc3c3cc4c5ccccc5n(-c5ncccn5)c4nc32)cc1. The summed E-state index contributed by atoms with van der Waals surface area (Å²) < 4.78 is 4.20. The van der Waals surface area contributed by atoms with E-state index >= 15 is 0 Å². The number of pyridine rings is 2. The maximum absolute atomic E-state index is 5.21. The van der Waals surface area contributed by atoms with Crippen molar-refractivity contribution in [3.05, 3.63) is 97.5 Å². The molecule has 6 heteroatoms. The van der Waals surface area contributed by atoms with E-state index in [1.807, 2.05) is 53.2 Å². The Morgan fingerprint density at radius 2 is 1.25 bits per heavy atom. The van der Waals surface area contributed by atoms with Crippen molar-refractivity contribution in [1.29, 1.82) is 0 Å². The molecule has 5 heterocycles. The first-order valence-electron chi connectivity index (χ1n) is 10.4. The van der Waals surface area contributed by atoms with E-state index < -0.39 is 0 Å². The molecule has 2 aromatic carbocycles. The van der Waals surface area contributed by atoms with Crippen molar-refractivity contribution >= 4 is 44.0 Å². The third-order valence-corrected chi connectivity index (χ3v) is 5.89. The second-order valence-electron chi connectivity index (χ2n) is 7.67. The lowest BCUT2D eigenvalue weighted by atomic mass is 10.1. The van der Waals surface area contributed by atoms with Gasteiger partial charge in [0.1, 0.15) is 5.65 Å². The minimum Gasteiger partial charge on any atom is -0.292 e. The number of fused-ring (bicyclic) bond motifs is 6. The molecule has 0 radical (unpaired) electrons. The first-order chi connectivity index (χ1) is 15.9. The van der Waals surface area contributed by atoms with Gasteiger partial charge in [-0.3, -0.25) is 14.1 Å². The molecule has 5 aromatic heterocycles. The van der Waals surface area contributed by atoms with Crippen molar-refractivity contribution in [2.45, 2.75) is 0 Å². The summed E-state index contributed by atoms with van der Waals surface area (Å²) in [5.74, 6) is 0.603. The van der Waals surface area contributed by atoms with Crippen LogP contribution in [0.25, 0.3) is 55.6 Å². The van der Waals surface area contributed by atoms with Gasteiger partial charge in [0, 0.05) is 40.4 Å². The molecule has 7 aromatic rings. The van der Waals surface area contributed by atoms with Crippen LogP contribution in [-0.4, -0.2) is 29.1 Å². The molecule has 0 spiro atoms. The van der Waals surface area contributed by atoms with Crippen molar-refractivity contribution in [2.24, 2.45) is 0 Å². The fraction of sp³-hybridized carbons (Fsp3) is 0. The zero-order chi connectivity index (χ0) is 21.1. The first kappa shape index (κ1) is 17.1. The van der Waals surface area contributed by atoms with Crippen LogP contribution in [0.1, 0.15) is 0 Å². The summed E-state index contributed by atoms with van der Waals surface area (Å²) in [6, 6.07) is 26.6. The molecular weight excluding hydrogens is 396 g/mol. The Hall–Kier alpha value is -4.58. The highest BCUT2D eigenvalue weighted by Crippen LogP contribution is 2.36. The molecule has 0 fully saturated rings. The van der Waals surface area contributed by atoms with Gasteiger partial charge in [-0.1, -0.05) is 36.4 Å². The Morgan fingerprint density at radius 3 is 2.12 bits per heavy atom. The van der Waals surface area contributed by atoms with Crippen molar-refractivity contribution in [3.8, 4) is 11.6 Å². The molecule has 0 aliphatic heterocycles. The summed E-state index contributed by atoms with van der Waals surface area (Å²) >= 11 is 0. The van der Waals surface area contributed by atoms with Crippen LogP contribution in [0, 0.1) is 0 Å². The molecule has 0 aliphatic carbocycles. The first-order valence-corrected chi connectivity index (χ1v) is 10.4. The van der Waals surface area contributed by atoms with E-state index in [1.165, 1.54) is 0 Å². The van der Waals surface area contributed by atoms with Crippen LogP contribution < -0.4 is 0 Å². The third kappa shape index (κ3) is 2.29. The standard InChI is InChI=1S/C26H16N6/c1-2-8-17(9-3-1)31-22-12-6-13-27-23(22)20-16-19-18-10-4-5-11-21(18)32(24(19)30-25(20)31)26-28-14-7-15-29-26/h1-16H. The van der Waals surface area contributed by atoms with Gasteiger partial charge in [-0.05, 0) is 42.5 Å². The lowest BCUT2D eigenvalue weighted by Gasteiger charge is -2.07. The number of aromatic nitrogens is 6. The molecule has 0 unspecified atom stereocenters. The maximum Gasteiger partial charge on any atom is 0.235 e. The van der Waals surface area contributed by atoms with Crippen LogP contribution in [0.2, 0.25) is 0 Å². The van der Waals surface area contributed by atoms with Gasteiger partial charge in [0.2, 0.25) is 5.95 Å². The molecule has 7 rings (SSSR count). The maximum atomic E-state index is 5.21. The topological polar surface area (TPSA) is 61.4 Å². The predicted molar refractivity (Wildman–Crippen MR) is 126 cm³/mol. The Bertz CT molecular complexity index is 1640. The van der Waals surface area contributed by atoms with Gasteiger partial charge in [-0.2, -0.15) is 0 Å². The molecule has 6 nitrogen and oxygen atoms in total. The van der Waals surface area contributed by atoms with E-state index in [9.17, 15) is 0 Å². The predicted octanol–water partition coefficient (Wildman–Crippen LogP) is 5.46. The highest BCUT2D eigenvalue weighted by Gasteiger charge is 2.20. The van der Waals surface area contributed by atoms with Crippen LogP contribution >= 0.6 is 0 Å². The van der Waals surface area contributed by atoms with Gasteiger partial charge >= 0.3 is 0 Å². The van der Waals surface area contributed by atoms with Crippen molar-refractivity contribution in [3.63, 3.8) is 0 Å². The summed E-state index contributed by atoms with van der Waals surface area (Å²) in [4.78, 5) is 19.0. The summed E-state index contributed by atoms with van der Waals surface area (Å²) in [5.41, 5.74) is 5.72. The highest BCUT2D eigenvalue weighted by atomic mass is 15.2. The lowest BCUT2D eigenvalue weighted by molar-refractivity contribution is 0.975. The molecule has 0 N–H and O–H groups in total. The van der Waals surface area contributed by atoms with Crippen LogP contribution in [0.4, 0.5) is 0 Å². The third-order valence-electron chi connectivity index (χ3n) is 5.89. The number of hydrogen-bond acceptors (Lipinski definition) is 4. The molecular formula is C26H16N6. The van der Waals surface area contributed by atoms with E-state index in [-0.39, 0.29) is 0 Å². The summed E-state index contributed by atoms with van der Waals surface area (Å²) in [7, 11) is 0. The van der Waals surface area contributed by atoms with E-state index in [1.54, 1.807) is 12.4 Å². The van der Waals surface area contributed by atoms with Gasteiger partial charge in [-0.15, -0.1) is 0 Å². The van der Waals surface area contributed by atoms with Crippen LogP contribution in [0.5, 0.6) is 0 Å². The fourth-order valence-corrected chi connectivity index (χ4v) is 4.56. The molecule has 0 atom stereocenters. The monoisotopic (exact) mass is 412 g/mol. The van der Waals surface area contributed by atoms with Crippen LogP contribution in [0.15, 0.2) is 97.5 Å². The molecule has 0 saturated heterocycles. The fourth-order valence-electron chi connectivity index (χ4n) is 4.56. The van der Waals surface area contributed by atoms with Crippen molar-refractivity contribution < 1.29 is 0 Å². The highest BCUT2D eigenvalue weighted by molar-refractivity contribution is 6.15. The van der Waals surface area contributed by atoms with Gasteiger partial charge in [0.15, 0.2) is 5.65 Å². The summed E-state index contributed by atoms with van der Waals surface area (Å²) in [6.45, 7) is 0. The second-order valence-corrected chi connectivity index (χ2v) is 7.67. The quantitative estimate of drug-likeness (QED) is 0.378. The molecule has 0 saturated carbocycles. The van der Waals surface area contributed by atoms with E-state index in [4.69, 9.17) is 9.97 Å². The van der Waals surface area contributed by atoms with Crippen molar-refractivity contribution in [2.75, 3.05) is 0 Å². The number of rotatable bonds is 2. The molecule has 0 amide bonds. The van der Waals surface area contributed by atoms with Gasteiger partial charge in [0.25, 0.3) is 0 Å². The summed E-state index contributed by atoms with van der Waals surface area (Å²) in [6.07, 6.45) is 5.35. The Balaban J connectivity index is 1.71. The molecule has 32 heavy (non-hydrogen) atoms. The largest absolute Gasteiger partial charge is 0.292 e. The van der Waals surface area contributed by atoms with Crippen LogP contribution in [-0.2, 0) is 0 Å². The second kappa shape index (κ2) is 6.46. The average molecular weight is 412 g/mol. The van der Waals surface area contributed by atoms with E-state index in [2.05, 4.69) is 50.9 Å². The lowest BCUT2D eigenvalue weighted by Crippen LogP contribution is -2.02.